The van der Waals surface area contributed by atoms with Gasteiger partial charge >= 0.3 is 0 Å². The summed E-state index contributed by atoms with van der Waals surface area (Å²) >= 11 is 1.22. The van der Waals surface area contributed by atoms with Crippen molar-refractivity contribution >= 4 is 27.3 Å². The minimum absolute atomic E-state index is 0.0587. The van der Waals surface area contributed by atoms with E-state index in [2.05, 4.69) is 22.3 Å². The Labute approximate surface area is 200 Å². The molecule has 0 aliphatic carbocycles. The smallest absolute Gasteiger partial charge is 0.252 e. The summed E-state index contributed by atoms with van der Waals surface area (Å²) in [5.41, 5.74) is 1.16. The van der Waals surface area contributed by atoms with Crippen molar-refractivity contribution in [2.45, 2.75) is 42.4 Å². The Balaban J connectivity index is 1.42. The highest BCUT2D eigenvalue weighted by Crippen LogP contribution is 2.28. The summed E-state index contributed by atoms with van der Waals surface area (Å²) < 4.78 is 32.9. The van der Waals surface area contributed by atoms with E-state index in [4.69, 9.17) is 4.74 Å². The number of nitrogens with one attached hydrogen (secondary N) is 1. The van der Waals surface area contributed by atoms with Crippen molar-refractivity contribution in [3.05, 3.63) is 47.3 Å². The van der Waals surface area contributed by atoms with E-state index in [9.17, 15) is 13.2 Å². The van der Waals surface area contributed by atoms with E-state index in [1.807, 2.05) is 12.1 Å². The summed E-state index contributed by atoms with van der Waals surface area (Å²) in [6, 6.07) is 11.5. The number of methoxy groups -OCH3 is 1. The van der Waals surface area contributed by atoms with Crippen LogP contribution in [0.5, 0.6) is 5.75 Å². The predicted molar refractivity (Wildman–Crippen MR) is 130 cm³/mol. The molecule has 2 saturated heterocycles. The molecule has 0 bridgehead atoms. The first-order valence-electron chi connectivity index (χ1n) is 11.7. The van der Waals surface area contributed by atoms with Crippen LogP contribution in [0.2, 0.25) is 0 Å². The van der Waals surface area contributed by atoms with Crippen molar-refractivity contribution in [2.75, 3.05) is 39.8 Å². The number of benzene rings is 1. The number of ether oxygens (including phenoxy) is 1. The van der Waals surface area contributed by atoms with Crippen molar-refractivity contribution in [1.29, 1.82) is 0 Å². The SMILES string of the molecule is COc1ccc([C@H](CNC(=O)[C@H]2CCCN(S(=O)(=O)c3cccs3)C2)N2CCCCC2)cc1. The Morgan fingerprint density at radius 2 is 1.88 bits per heavy atom. The lowest BCUT2D eigenvalue weighted by molar-refractivity contribution is -0.126. The molecule has 2 aliphatic rings. The van der Waals surface area contributed by atoms with Crippen molar-refractivity contribution in [3.63, 3.8) is 0 Å². The van der Waals surface area contributed by atoms with Crippen LogP contribution in [0.25, 0.3) is 0 Å². The number of hydrogen-bond donors (Lipinski definition) is 1. The van der Waals surface area contributed by atoms with E-state index in [1.165, 1.54) is 34.9 Å². The third-order valence-corrected chi connectivity index (χ3v) is 9.88. The van der Waals surface area contributed by atoms with Gasteiger partial charge in [-0.2, -0.15) is 4.31 Å². The highest BCUT2D eigenvalue weighted by molar-refractivity contribution is 7.91. The summed E-state index contributed by atoms with van der Waals surface area (Å²) in [7, 11) is -1.88. The number of carbonyl (C=O) groups excluding carboxylic acids is 1. The molecule has 1 aromatic heterocycles. The molecule has 9 heteroatoms. The Bertz CT molecular complexity index is 1000. The fourth-order valence-electron chi connectivity index (χ4n) is 4.77. The number of amides is 1. The van der Waals surface area contributed by atoms with Crippen molar-refractivity contribution in [1.82, 2.24) is 14.5 Å². The van der Waals surface area contributed by atoms with E-state index in [1.54, 1.807) is 24.6 Å². The Hall–Kier alpha value is -1.94. The van der Waals surface area contributed by atoms with E-state index in [0.717, 1.165) is 24.4 Å². The van der Waals surface area contributed by atoms with Crippen LogP contribution in [-0.4, -0.2) is 63.4 Å². The molecule has 0 unspecified atom stereocenters. The van der Waals surface area contributed by atoms with Crippen LogP contribution in [-0.2, 0) is 14.8 Å². The van der Waals surface area contributed by atoms with Crippen LogP contribution in [0.3, 0.4) is 0 Å². The van der Waals surface area contributed by atoms with Gasteiger partial charge in [-0.05, 0) is 67.9 Å². The van der Waals surface area contributed by atoms with E-state index < -0.39 is 10.0 Å². The van der Waals surface area contributed by atoms with Gasteiger partial charge in [0.25, 0.3) is 10.0 Å². The number of sulfonamides is 1. The Morgan fingerprint density at radius 1 is 1.12 bits per heavy atom. The predicted octanol–water partition coefficient (Wildman–Crippen LogP) is 3.50. The number of nitrogens with zero attached hydrogens (tertiary/aromatic N) is 2. The van der Waals surface area contributed by atoms with Crippen LogP contribution in [0.1, 0.15) is 43.7 Å². The molecule has 1 N–H and O–H groups in total. The number of thiophene rings is 1. The average Bonchev–Trinajstić information content (AvgIpc) is 3.41. The summed E-state index contributed by atoms with van der Waals surface area (Å²) in [5.74, 6) is 0.428. The number of rotatable bonds is 8. The van der Waals surface area contributed by atoms with Gasteiger partial charge < -0.3 is 10.1 Å². The second-order valence-electron chi connectivity index (χ2n) is 8.77. The highest BCUT2D eigenvalue weighted by atomic mass is 32.2. The molecule has 2 aliphatic heterocycles. The molecule has 0 spiro atoms. The Kier molecular flexibility index (Phi) is 8.06. The van der Waals surface area contributed by atoms with Gasteiger partial charge in [0.15, 0.2) is 0 Å². The van der Waals surface area contributed by atoms with Crippen molar-refractivity contribution < 1.29 is 17.9 Å². The summed E-state index contributed by atoms with van der Waals surface area (Å²) in [4.78, 5) is 15.6. The van der Waals surface area contributed by atoms with Gasteiger partial charge in [-0.3, -0.25) is 9.69 Å². The minimum atomic E-state index is -3.53. The maximum absolute atomic E-state index is 13.1. The maximum Gasteiger partial charge on any atom is 0.252 e. The third-order valence-electron chi connectivity index (χ3n) is 6.65. The van der Waals surface area contributed by atoms with Crippen molar-refractivity contribution in [3.8, 4) is 5.75 Å². The fraction of sp³-hybridized carbons (Fsp3) is 0.542. The van der Waals surface area contributed by atoms with Gasteiger partial charge in [0, 0.05) is 19.6 Å². The minimum Gasteiger partial charge on any atom is -0.497 e. The molecule has 0 saturated carbocycles. The maximum atomic E-state index is 13.1. The molecular formula is C24H33N3O4S2. The lowest BCUT2D eigenvalue weighted by Gasteiger charge is -2.36. The third kappa shape index (κ3) is 5.77. The molecule has 7 nitrogen and oxygen atoms in total. The van der Waals surface area contributed by atoms with Crippen molar-refractivity contribution in [2.24, 2.45) is 5.92 Å². The van der Waals surface area contributed by atoms with Crippen LogP contribution < -0.4 is 10.1 Å². The standard InChI is InChI=1S/C24H33N3O4S2/c1-31-21-11-9-19(10-12-21)22(26-13-3-2-4-14-26)17-25-24(28)20-7-5-15-27(18-20)33(29,30)23-8-6-16-32-23/h6,8-12,16,20,22H,2-5,7,13-15,17-18H2,1H3,(H,25,28)/t20-,22-/m0/s1. The van der Waals surface area contributed by atoms with E-state index in [-0.39, 0.29) is 24.4 Å². The second-order valence-corrected chi connectivity index (χ2v) is 11.9. The van der Waals surface area contributed by atoms with Crippen LogP contribution in [0, 0.1) is 5.92 Å². The van der Waals surface area contributed by atoms with E-state index >= 15 is 0 Å². The van der Waals surface area contributed by atoms with Crippen LogP contribution in [0.4, 0.5) is 0 Å². The van der Waals surface area contributed by atoms with Gasteiger partial charge in [-0.25, -0.2) is 8.42 Å². The zero-order valence-electron chi connectivity index (χ0n) is 19.1. The molecule has 2 aromatic rings. The zero-order chi connectivity index (χ0) is 23.3. The molecule has 1 amide bonds. The first-order chi connectivity index (χ1) is 16.0. The molecular weight excluding hydrogens is 458 g/mol. The summed E-state index contributed by atoms with van der Waals surface area (Å²) in [5, 5.41) is 4.92. The summed E-state index contributed by atoms with van der Waals surface area (Å²) in [6.07, 6.45) is 4.97. The molecule has 0 radical (unpaired) electrons. The number of carbonyl (C=O) groups is 1. The van der Waals surface area contributed by atoms with Crippen LogP contribution in [0.15, 0.2) is 46.0 Å². The fourth-order valence-corrected chi connectivity index (χ4v) is 7.44. The molecule has 33 heavy (non-hydrogen) atoms. The lowest BCUT2D eigenvalue weighted by Crippen LogP contribution is -2.47. The topological polar surface area (TPSA) is 79.0 Å². The molecule has 180 valence electrons. The molecule has 1 aromatic carbocycles. The van der Waals surface area contributed by atoms with Gasteiger partial charge in [-0.1, -0.05) is 24.6 Å². The normalized spacial score (nSPS) is 21.4. The molecule has 3 heterocycles. The summed E-state index contributed by atoms with van der Waals surface area (Å²) in [6.45, 7) is 3.25. The van der Waals surface area contributed by atoms with Gasteiger partial charge in [0.05, 0.1) is 19.1 Å². The van der Waals surface area contributed by atoms with E-state index in [0.29, 0.717) is 30.1 Å². The average molecular weight is 492 g/mol. The Morgan fingerprint density at radius 3 is 2.55 bits per heavy atom. The van der Waals surface area contributed by atoms with Crippen LogP contribution >= 0.6 is 11.3 Å². The second kappa shape index (κ2) is 11.0. The number of likely N-dealkylation sites (tertiary alicyclic amines) is 1. The lowest BCUT2D eigenvalue weighted by atomic mass is 9.97. The molecule has 2 fully saturated rings. The highest BCUT2D eigenvalue weighted by Gasteiger charge is 2.34. The van der Waals surface area contributed by atoms with Gasteiger partial charge in [-0.15, -0.1) is 11.3 Å². The largest absolute Gasteiger partial charge is 0.497 e. The van der Waals surface area contributed by atoms with Gasteiger partial charge in [0.2, 0.25) is 5.91 Å². The van der Waals surface area contributed by atoms with Gasteiger partial charge in [0.1, 0.15) is 9.96 Å². The first-order valence-corrected chi connectivity index (χ1v) is 14.0. The number of hydrogen-bond acceptors (Lipinski definition) is 6. The zero-order valence-corrected chi connectivity index (χ0v) is 20.7. The monoisotopic (exact) mass is 491 g/mol. The molecule has 4 rings (SSSR count). The quantitative estimate of drug-likeness (QED) is 0.612. The first kappa shape index (κ1) is 24.2. The number of piperidine rings is 2. The molecule has 2 atom stereocenters.